The van der Waals surface area contributed by atoms with Crippen molar-refractivity contribution in [3.63, 3.8) is 0 Å². The van der Waals surface area contributed by atoms with E-state index >= 15 is 0 Å². The second-order valence-corrected chi connectivity index (χ2v) is 5.29. The van der Waals surface area contributed by atoms with Crippen molar-refractivity contribution in [2.24, 2.45) is 0 Å². The Labute approximate surface area is 132 Å². The Balaban J connectivity index is 2.25. The Morgan fingerprint density at radius 2 is 1.77 bits per heavy atom. The molecule has 0 aliphatic heterocycles. The van der Waals surface area contributed by atoms with Crippen molar-refractivity contribution in [1.29, 1.82) is 0 Å². The van der Waals surface area contributed by atoms with Gasteiger partial charge in [-0.25, -0.2) is 9.18 Å². The predicted octanol–water partition coefficient (Wildman–Crippen LogP) is 4.80. The van der Waals surface area contributed by atoms with Crippen LogP contribution >= 0.6 is 15.9 Å². The van der Waals surface area contributed by atoms with Crippen LogP contribution in [0.3, 0.4) is 0 Å². The molecule has 0 heterocycles. The zero-order chi connectivity index (χ0) is 16.3. The third-order valence-electron chi connectivity index (χ3n) is 2.49. The minimum atomic E-state index is -3.44. The SMILES string of the molecule is CC(F)(F)Oc1ccccc1OC(=O)c1ccc(Br)cc1F. The van der Waals surface area contributed by atoms with E-state index in [0.717, 1.165) is 6.07 Å². The van der Waals surface area contributed by atoms with Crippen LogP contribution in [-0.2, 0) is 0 Å². The third kappa shape index (κ3) is 4.24. The van der Waals surface area contributed by atoms with E-state index in [1.807, 2.05) is 0 Å². The zero-order valence-electron chi connectivity index (χ0n) is 11.3. The molecule has 0 aliphatic carbocycles. The first-order chi connectivity index (χ1) is 10.3. The number of hydrogen-bond acceptors (Lipinski definition) is 3. The van der Waals surface area contributed by atoms with Crippen molar-refractivity contribution in [3.8, 4) is 11.5 Å². The molecule has 0 atom stereocenters. The normalized spacial score (nSPS) is 11.1. The van der Waals surface area contributed by atoms with Gasteiger partial charge in [0.2, 0.25) is 0 Å². The number of carbonyl (C=O) groups excluding carboxylic acids is 1. The lowest BCUT2D eigenvalue weighted by atomic mass is 10.2. The van der Waals surface area contributed by atoms with Gasteiger partial charge in [0, 0.05) is 11.4 Å². The summed E-state index contributed by atoms with van der Waals surface area (Å²) >= 11 is 3.06. The molecule has 0 spiro atoms. The number of ether oxygens (including phenoxy) is 2. The molecule has 0 N–H and O–H groups in total. The maximum atomic E-state index is 13.7. The maximum absolute atomic E-state index is 13.7. The zero-order valence-corrected chi connectivity index (χ0v) is 12.9. The Morgan fingerprint density at radius 3 is 2.36 bits per heavy atom. The molecule has 0 unspecified atom stereocenters. The summed E-state index contributed by atoms with van der Waals surface area (Å²) in [5, 5.41) is 0. The topological polar surface area (TPSA) is 35.5 Å². The minimum absolute atomic E-state index is 0.226. The number of esters is 1. The lowest BCUT2D eigenvalue weighted by Gasteiger charge is -2.15. The van der Waals surface area contributed by atoms with Crippen LogP contribution in [-0.4, -0.2) is 12.1 Å². The highest BCUT2D eigenvalue weighted by atomic mass is 79.9. The summed E-state index contributed by atoms with van der Waals surface area (Å²) in [6, 6.07) is 9.19. The number of alkyl halides is 2. The first-order valence-electron chi connectivity index (χ1n) is 6.09. The number of hydrogen-bond donors (Lipinski definition) is 0. The molecule has 0 fully saturated rings. The van der Waals surface area contributed by atoms with Gasteiger partial charge >= 0.3 is 12.1 Å². The van der Waals surface area contributed by atoms with Crippen LogP contribution in [0, 0.1) is 5.82 Å². The molecule has 2 rings (SSSR count). The molecule has 0 aromatic heterocycles. The summed E-state index contributed by atoms with van der Waals surface area (Å²) in [6.07, 6.45) is -3.44. The van der Waals surface area contributed by atoms with Gasteiger partial charge in [-0.2, -0.15) is 8.78 Å². The average molecular weight is 375 g/mol. The summed E-state index contributed by atoms with van der Waals surface area (Å²) in [7, 11) is 0. The van der Waals surface area contributed by atoms with Crippen LogP contribution < -0.4 is 9.47 Å². The molecular weight excluding hydrogens is 365 g/mol. The van der Waals surface area contributed by atoms with E-state index in [9.17, 15) is 18.0 Å². The van der Waals surface area contributed by atoms with Crippen molar-refractivity contribution in [2.75, 3.05) is 0 Å². The van der Waals surface area contributed by atoms with Crippen LogP contribution in [0.2, 0.25) is 0 Å². The van der Waals surface area contributed by atoms with Crippen LogP contribution in [0.5, 0.6) is 11.5 Å². The van der Waals surface area contributed by atoms with E-state index < -0.39 is 17.9 Å². The number of para-hydroxylation sites is 2. The average Bonchev–Trinajstić information content (AvgIpc) is 2.39. The fraction of sp³-hybridized carbons (Fsp3) is 0.133. The molecule has 2 aromatic carbocycles. The van der Waals surface area contributed by atoms with Crippen LogP contribution in [0.1, 0.15) is 17.3 Å². The highest BCUT2D eigenvalue weighted by Gasteiger charge is 2.26. The summed E-state index contributed by atoms with van der Waals surface area (Å²) in [5.74, 6) is -2.35. The number of rotatable bonds is 4. The van der Waals surface area contributed by atoms with Crippen molar-refractivity contribution in [2.45, 2.75) is 13.0 Å². The van der Waals surface area contributed by atoms with Gasteiger partial charge in [-0.3, -0.25) is 0 Å². The first-order valence-corrected chi connectivity index (χ1v) is 6.88. The summed E-state index contributed by atoms with van der Waals surface area (Å²) in [6.45, 7) is 0.556. The largest absolute Gasteiger partial charge is 0.429 e. The summed E-state index contributed by atoms with van der Waals surface area (Å²) in [5.41, 5.74) is -0.318. The third-order valence-corrected chi connectivity index (χ3v) is 2.99. The van der Waals surface area contributed by atoms with E-state index in [4.69, 9.17) is 4.74 Å². The Morgan fingerprint density at radius 1 is 1.14 bits per heavy atom. The lowest BCUT2D eigenvalue weighted by molar-refractivity contribution is -0.159. The molecule has 0 aliphatic rings. The minimum Gasteiger partial charge on any atom is -0.429 e. The molecule has 0 saturated heterocycles. The van der Waals surface area contributed by atoms with E-state index in [-0.39, 0.29) is 17.1 Å². The quantitative estimate of drug-likeness (QED) is 0.569. The van der Waals surface area contributed by atoms with Crippen molar-refractivity contribution in [1.82, 2.24) is 0 Å². The van der Waals surface area contributed by atoms with Gasteiger partial charge in [0.15, 0.2) is 11.5 Å². The highest BCUT2D eigenvalue weighted by Crippen LogP contribution is 2.31. The van der Waals surface area contributed by atoms with Crippen molar-refractivity contribution >= 4 is 21.9 Å². The molecule has 3 nitrogen and oxygen atoms in total. The monoisotopic (exact) mass is 374 g/mol. The lowest BCUT2D eigenvalue weighted by Crippen LogP contribution is -2.20. The Bertz CT molecular complexity index is 699. The predicted molar refractivity (Wildman–Crippen MR) is 76.7 cm³/mol. The van der Waals surface area contributed by atoms with Gasteiger partial charge in [-0.05, 0) is 30.3 Å². The molecule has 0 radical (unpaired) electrons. The van der Waals surface area contributed by atoms with Gasteiger partial charge in [-0.1, -0.05) is 28.1 Å². The Hall–Kier alpha value is -2.02. The van der Waals surface area contributed by atoms with E-state index in [0.29, 0.717) is 11.4 Å². The van der Waals surface area contributed by atoms with Crippen LogP contribution in [0.25, 0.3) is 0 Å². The second-order valence-electron chi connectivity index (χ2n) is 4.37. The molecule has 2 aromatic rings. The number of benzene rings is 2. The maximum Gasteiger partial charge on any atom is 0.395 e. The van der Waals surface area contributed by atoms with Gasteiger partial charge < -0.3 is 9.47 Å². The van der Waals surface area contributed by atoms with E-state index in [1.165, 1.54) is 36.4 Å². The van der Waals surface area contributed by atoms with Crippen molar-refractivity contribution in [3.05, 3.63) is 58.3 Å². The second kappa shape index (κ2) is 6.39. The van der Waals surface area contributed by atoms with E-state index in [1.54, 1.807) is 0 Å². The fourth-order valence-corrected chi connectivity index (χ4v) is 1.95. The molecule has 0 bridgehead atoms. The molecule has 116 valence electrons. The van der Waals surface area contributed by atoms with Gasteiger partial charge in [-0.15, -0.1) is 0 Å². The fourth-order valence-electron chi connectivity index (χ4n) is 1.62. The van der Waals surface area contributed by atoms with Crippen LogP contribution in [0.15, 0.2) is 46.9 Å². The van der Waals surface area contributed by atoms with E-state index in [2.05, 4.69) is 20.7 Å². The number of halogens is 4. The smallest absolute Gasteiger partial charge is 0.395 e. The molecule has 7 heteroatoms. The first kappa shape index (κ1) is 16.4. The van der Waals surface area contributed by atoms with Gasteiger partial charge in [0.25, 0.3) is 0 Å². The molecular formula is C15H10BrF3O3. The summed E-state index contributed by atoms with van der Waals surface area (Å²) < 4.78 is 49.4. The van der Waals surface area contributed by atoms with Gasteiger partial charge in [0.1, 0.15) is 5.82 Å². The Kier molecular flexibility index (Phi) is 4.75. The van der Waals surface area contributed by atoms with Gasteiger partial charge in [0.05, 0.1) is 5.56 Å². The standard InChI is InChI=1S/C15H10BrF3O3/c1-15(18,19)22-13-5-3-2-4-12(13)21-14(20)10-7-6-9(16)8-11(10)17/h2-8H,1H3. The summed E-state index contributed by atoms with van der Waals surface area (Å²) in [4.78, 5) is 11.9. The highest BCUT2D eigenvalue weighted by molar-refractivity contribution is 9.10. The van der Waals surface area contributed by atoms with Crippen LogP contribution in [0.4, 0.5) is 13.2 Å². The molecule has 22 heavy (non-hydrogen) atoms. The molecule has 0 amide bonds. The van der Waals surface area contributed by atoms with Crippen molar-refractivity contribution < 1.29 is 27.4 Å². The number of carbonyl (C=O) groups is 1. The molecule has 0 saturated carbocycles.